The summed E-state index contributed by atoms with van der Waals surface area (Å²) in [4.78, 5) is 32.9. The van der Waals surface area contributed by atoms with E-state index in [0.717, 1.165) is 111 Å². The molecule has 1 amide bonds. The molecule has 8 aliphatic carbocycles. The number of halogens is 1. The number of hydrogen-bond donors (Lipinski definition) is 3. The van der Waals surface area contributed by atoms with E-state index in [1.165, 1.54) is 103 Å². The van der Waals surface area contributed by atoms with Gasteiger partial charge in [0.25, 0.3) is 0 Å². The summed E-state index contributed by atoms with van der Waals surface area (Å²) in [5, 5.41) is 23.2. The molecule has 10 unspecified atom stereocenters. The molecule has 0 aromatic heterocycles. The van der Waals surface area contributed by atoms with Crippen LogP contribution in [0.3, 0.4) is 0 Å². The summed E-state index contributed by atoms with van der Waals surface area (Å²) in [5.74, 6) is 9.92. The molecule has 69 heavy (non-hydrogen) atoms. The number of likely N-dealkylation sites (tertiary alicyclic amines) is 1. The number of esters is 1. The van der Waals surface area contributed by atoms with Crippen LogP contribution in [0.4, 0.5) is 0 Å². The Balaban J connectivity index is 0.000000152. The van der Waals surface area contributed by atoms with Crippen molar-refractivity contribution >= 4 is 18.9 Å². The van der Waals surface area contributed by atoms with Crippen LogP contribution in [0.25, 0.3) is 0 Å². The first kappa shape index (κ1) is 52.6. The lowest BCUT2D eigenvalue weighted by molar-refractivity contribution is -0.786. The number of nitrogens with two attached hydrogens (primary N) is 1. The number of aliphatic hydroxyl groups excluding tert-OH is 2. The first-order valence-corrected chi connectivity index (χ1v) is 28.7. The van der Waals surface area contributed by atoms with E-state index in [-0.39, 0.29) is 42.5 Å². The van der Waals surface area contributed by atoms with E-state index in [1.807, 2.05) is 4.90 Å². The summed E-state index contributed by atoms with van der Waals surface area (Å²) < 4.78 is 17.8. The molecule has 10 nitrogen and oxygen atoms in total. The second-order valence-electron chi connectivity index (χ2n) is 27.7. The van der Waals surface area contributed by atoms with E-state index in [4.69, 9.17) is 9.47 Å². The number of hydrogen-bond acceptors (Lipinski definition) is 8. The fraction of sp³-hybridized carbons (Fsp3) is 0.948. The van der Waals surface area contributed by atoms with Crippen molar-refractivity contribution in [3.05, 3.63) is 0 Å². The van der Waals surface area contributed by atoms with Crippen molar-refractivity contribution in [1.29, 1.82) is 0 Å². The van der Waals surface area contributed by atoms with Crippen LogP contribution in [-0.2, 0) is 28.6 Å². The average Bonchev–Trinajstić information content (AvgIpc) is 3.96. The number of aliphatic hydroxyl groups is 2. The lowest BCUT2D eigenvalue weighted by Crippen LogP contribution is -3.00. The average molecular weight is 984 g/mol. The highest BCUT2D eigenvalue weighted by atomic mass is 35.5. The number of amides is 1. The fourth-order valence-corrected chi connectivity index (χ4v) is 21.5. The molecule has 8 saturated carbocycles. The molecule has 12 fully saturated rings. The van der Waals surface area contributed by atoms with Gasteiger partial charge in [-0.1, -0.05) is 55.4 Å². The Hall–Kier alpha value is -1.30. The van der Waals surface area contributed by atoms with Crippen molar-refractivity contribution in [1.82, 2.24) is 4.90 Å². The predicted molar refractivity (Wildman–Crippen MR) is 261 cm³/mol. The number of quaternary nitrogens is 1. The molecule has 0 aromatic rings. The molecule has 11 heteroatoms. The minimum absolute atomic E-state index is 0. The Kier molecular flexibility index (Phi) is 14.6. The zero-order valence-corrected chi connectivity index (χ0v) is 45.1. The molecular weight excluding hydrogens is 888 g/mol. The van der Waals surface area contributed by atoms with Crippen molar-refractivity contribution in [3.63, 3.8) is 0 Å². The summed E-state index contributed by atoms with van der Waals surface area (Å²) >= 11 is 0. The van der Waals surface area contributed by atoms with Crippen LogP contribution in [0, 0.1) is 105 Å². The summed E-state index contributed by atoms with van der Waals surface area (Å²) in [6, 6.07) is 0. The minimum atomic E-state index is -0.579. The molecule has 0 aromatic carbocycles. The third-order valence-electron chi connectivity index (χ3n) is 25.0. The fourth-order valence-electron chi connectivity index (χ4n) is 21.5. The number of fused-ring (bicyclic) bond motifs is 14. The van der Waals surface area contributed by atoms with E-state index < -0.39 is 5.97 Å². The van der Waals surface area contributed by atoms with Gasteiger partial charge in [0.2, 0.25) is 12.1 Å². The summed E-state index contributed by atoms with van der Waals surface area (Å²) in [6.07, 6.45) is 26.8. The Morgan fingerprint density at radius 2 is 1.12 bits per heavy atom. The third-order valence-corrected chi connectivity index (χ3v) is 25.0. The van der Waals surface area contributed by atoms with Crippen LogP contribution in [-0.4, -0.2) is 82.9 Å². The van der Waals surface area contributed by atoms with Crippen molar-refractivity contribution in [2.24, 2.45) is 105 Å². The molecule has 4 N–H and O–H groups in total. The Labute approximate surface area is 422 Å². The number of rotatable bonds is 2. The van der Waals surface area contributed by atoms with Crippen molar-refractivity contribution in [2.45, 2.75) is 227 Å². The molecule has 12 rings (SSSR count). The van der Waals surface area contributed by atoms with Crippen LogP contribution < -0.4 is 17.7 Å². The number of piperidine rings is 2. The standard InChI is InChI=1S/C28H45NO3.C27H45NO2.C3H4O3.ClH/c1-17-7-12-28(29(15-17)16-30)18(2)25-24(32-28)14-23-21-6-5-19-13-20(31)8-10-26(19,3)22(21)9-11-27(23,25)4;1-16-7-12-27(28-15-16)17(2)24-23(30-27)14-22-20-6-5-18-13-19(29)8-10-25(18,3)21(20)9-11-26(22,24)4;1-3(5)6-2-4;/h16-25,31H,5-15H2,1-4H3;16-24,28-29H,5-15H2,1-4H3;2H,1H3;1H/t17-,18-,19?,20-,21+,22?,23?,24?,25?,26-,27-,28-;16-,17-,18?,19-,20+,21?,22?,23?,24?,25-,26-,27-;;/m00../s1. The SMILES string of the molecule is CC(=O)OC=O.C[C@H]1CC[C@@]2(OC3CC4[C@@H]5CCC6C[C@@H](O)CC[C@]6(C)C5CC[C@]4(C)C3[C@@H]2C)N(C=O)C1.C[C@H]1CC[C@]2([NH2+]C1)OC1CC3[C@@H]4CCC5C[C@@H](O)CC[C@]5(C)C4CC[C@]3(C)C1[C@@H]2C.[Cl-]. The third kappa shape index (κ3) is 8.27. The normalized spacial score (nSPS) is 55.3. The van der Waals surface area contributed by atoms with Crippen LogP contribution in [0.1, 0.15) is 191 Å². The molecular formula is C58H95ClN2O8. The van der Waals surface area contributed by atoms with Gasteiger partial charge in [-0.05, 0) is 203 Å². The highest BCUT2D eigenvalue weighted by Gasteiger charge is 2.72. The van der Waals surface area contributed by atoms with Crippen molar-refractivity contribution < 1.29 is 56.5 Å². The number of ether oxygens (including phenoxy) is 3. The van der Waals surface area contributed by atoms with Gasteiger partial charge in [0.05, 0.1) is 31.0 Å². The van der Waals surface area contributed by atoms with Crippen LogP contribution >= 0.6 is 0 Å². The van der Waals surface area contributed by atoms with E-state index in [9.17, 15) is 24.6 Å². The maximum atomic E-state index is 12.1. The van der Waals surface area contributed by atoms with Crippen LogP contribution in [0.15, 0.2) is 0 Å². The second kappa shape index (κ2) is 19.1. The van der Waals surface area contributed by atoms with E-state index in [2.05, 4.69) is 65.4 Å². The Morgan fingerprint density at radius 3 is 1.59 bits per heavy atom. The maximum Gasteiger partial charge on any atom is 0.310 e. The van der Waals surface area contributed by atoms with Gasteiger partial charge in [-0.25, -0.2) is 0 Å². The lowest BCUT2D eigenvalue weighted by Gasteiger charge is -2.61. The first-order valence-electron chi connectivity index (χ1n) is 28.7. The highest BCUT2D eigenvalue weighted by molar-refractivity contribution is 5.73. The summed E-state index contributed by atoms with van der Waals surface area (Å²) in [6.45, 7) is 23.5. The molecule has 392 valence electrons. The Bertz CT molecular complexity index is 1880. The van der Waals surface area contributed by atoms with E-state index in [0.29, 0.717) is 57.5 Å². The zero-order valence-electron chi connectivity index (χ0n) is 44.3. The van der Waals surface area contributed by atoms with Gasteiger partial charge in [0.15, 0.2) is 0 Å². The molecule has 2 spiro atoms. The topological polar surface area (TPSA) is 139 Å². The van der Waals surface area contributed by atoms with Crippen LogP contribution in [0.5, 0.6) is 0 Å². The monoisotopic (exact) mass is 983 g/mol. The second-order valence-corrected chi connectivity index (χ2v) is 27.7. The van der Waals surface area contributed by atoms with Crippen molar-refractivity contribution in [2.75, 3.05) is 13.1 Å². The molecule has 0 bridgehead atoms. The number of nitrogens with zero attached hydrogens (tertiary/aromatic N) is 1. The molecule has 24 atom stereocenters. The van der Waals surface area contributed by atoms with Crippen molar-refractivity contribution in [3.8, 4) is 0 Å². The summed E-state index contributed by atoms with van der Waals surface area (Å²) in [5.41, 5.74) is 1.50. The smallest absolute Gasteiger partial charge is 0.310 e. The Morgan fingerprint density at radius 1 is 0.609 bits per heavy atom. The van der Waals surface area contributed by atoms with Gasteiger partial charge >= 0.3 is 12.4 Å². The zero-order chi connectivity index (χ0) is 48.3. The van der Waals surface area contributed by atoms with Gasteiger partial charge in [-0.2, -0.15) is 0 Å². The molecule has 4 heterocycles. The van der Waals surface area contributed by atoms with E-state index in [1.54, 1.807) is 0 Å². The highest BCUT2D eigenvalue weighted by Crippen LogP contribution is 2.73. The summed E-state index contributed by atoms with van der Waals surface area (Å²) in [7, 11) is 0. The van der Waals surface area contributed by atoms with Gasteiger partial charge in [0.1, 0.15) is 5.72 Å². The predicted octanol–water partition coefficient (Wildman–Crippen LogP) is 6.29. The maximum absolute atomic E-state index is 12.1. The number of carbonyl (C=O) groups is 3. The van der Waals surface area contributed by atoms with Crippen LogP contribution in [0.2, 0.25) is 0 Å². The van der Waals surface area contributed by atoms with Gasteiger partial charge in [-0.15, -0.1) is 0 Å². The lowest BCUT2D eigenvalue weighted by atomic mass is 9.44. The quantitative estimate of drug-likeness (QED) is 0.167. The molecule has 0 radical (unpaired) electrons. The molecule has 12 aliphatic rings. The van der Waals surface area contributed by atoms with E-state index >= 15 is 0 Å². The number of carbonyl (C=O) groups excluding carboxylic acids is 3. The van der Waals surface area contributed by atoms with Gasteiger partial charge in [-0.3, -0.25) is 14.4 Å². The molecule has 4 saturated heterocycles. The largest absolute Gasteiger partial charge is 1.00 e. The minimum Gasteiger partial charge on any atom is -1.00 e. The van der Waals surface area contributed by atoms with Gasteiger partial charge in [0, 0.05) is 43.6 Å². The molecule has 4 aliphatic heterocycles. The first-order chi connectivity index (χ1) is 32.3. The van der Waals surface area contributed by atoms with Gasteiger partial charge < -0.3 is 47.0 Å².